The number of anilines is 2. The van der Waals surface area contributed by atoms with Gasteiger partial charge >= 0.3 is 6.16 Å². The number of aromatic nitrogens is 3. The lowest BCUT2D eigenvalue weighted by molar-refractivity contribution is 0.0966. The van der Waals surface area contributed by atoms with Crippen LogP contribution in [-0.2, 0) is 22.4 Å². The van der Waals surface area contributed by atoms with Crippen molar-refractivity contribution in [2.45, 2.75) is 38.8 Å². The largest absolute Gasteiger partial charge is 0.514 e. The zero-order chi connectivity index (χ0) is 31.2. The van der Waals surface area contributed by atoms with Crippen LogP contribution in [0.3, 0.4) is 0 Å². The van der Waals surface area contributed by atoms with Gasteiger partial charge in [0.2, 0.25) is 11.4 Å². The van der Waals surface area contributed by atoms with Crippen molar-refractivity contribution in [1.29, 1.82) is 0 Å². The third-order valence-electron chi connectivity index (χ3n) is 7.12. The molecule has 0 spiro atoms. The van der Waals surface area contributed by atoms with Gasteiger partial charge in [-0.15, -0.1) is 0 Å². The standard InChI is InChI=1S/C32H33N5O7/c1-4-42-32(39)44-27-18-37(17-23-6-5-11-43-23)25-14-19(8-10-24(25)28(27)38)7-9-21-12-20(15-26(40-2)29(21)41-3)13-22-16-35-31(34)36-30(22)33/h8,10,12,14-16,18,23H,4-6,11,13,17H2,1-3H3,(H4,33,34,35,36). The van der Waals surface area contributed by atoms with Gasteiger partial charge in [-0.1, -0.05) is 11.8 Å². The normalized spacial score (nSPS) is 14.1. The molecule has 0 bridgehead atoms. The molecule has 0 saturated carbocycles. The van der Waals surface area contributed by atoms with E-state index in [1.54, 1.807) is 39.5 Å². The summed E-state index contributed by atoms with van der Waals surface area (Å²) in [4.78, 5) is 33.4. The van der Waals surface area contributed by atoms with Gasteiger partial charge in [-0.25, -0.2) is 9.78 Å². The highest BCUT2D eigenvalue weighted by Gasteiger charge is 2.20. The number of ether oxygens (including phenoxy) is 5. The van der Waals surface area contributed by atoms with E-state index < -0.39 is 11.6 Å². The monoisotopic (exact) mass is 599 g/mol. The molecular formula is C32H33N5O7. The van der Waals surface area contributed by atoms with Gasteiger partial charge in [-0.3, -0.25) is 4.79 Å². The quantitative estimate of drug-likeness (QED) is 0.224. The third-order valence-corrected chi connectivity index (χ3v) is 7.12. The fourth-order valence-corrected chi connectivity index (χ4v) is 5.06. The van der Waals surface area contributed by atoms with Crippen LogP contribution in [0.25, 0.3) is 10.9 Å². The molecule has 2 aromatic heterocycles. The maximum atomic E-state index is 13.3. The summed E-state index contributed by atoms with van der Waals surface area (Å²) in [6.07, 6.45) is 4.39. The number of nitrogens with zero attached hydrogens (tertiary/aromatic N) is 3. The van der Waals surface area contributed by atoms with Gasteiger partial charge in [0.25, 0.3) is 0 Å². The number of methoxy groups -OCH3 is 2. The number of carbonyl (C=O) groups is 1. The third kappa shape index (κ3) is 6.68. The first-order chi connectivity index (χ1) is 21.3. The molecular weight excluding hydrogens is 566 g/mol. The number of benzene rings is 2. The molecule has 12 nitrogen and oxygen atoms in total. The Bertz CT molecular complexity index is 1820. The number of nitrogen functional groups attached to an aromatic ring is 2. The average Bonchev–Trinajstić information content (AvgIpc) is 3.52. The summed E-state index contributed by atoms with van der Waals surface area (Å²) >= 11 is 0. The zero-order valence-corrected chi connectivity index (χ0v) is 24.7. The Balaban J connectivity index is 1.55. The fourth-order valence-electron chi connectivity index (χ4n) is 5.06. The number of hydrogen-bond acceptors (Lipinski definition) is 11. The highest BCUT2D eigenvalue weighted by atomic mass is 16.7. The molecule has 4 aromatic rings. The highest BCUT2D eigenvalue weighted by Crippen LogP contribution is 2.33. The second-order valence-electron chi connectivity index (χ2n) is 10.1. The molecule has 2 aromatic carbocycles. The molecule has 4 N–H and O–H groups in total. The Labute approximate surface area is 253 Å². The molecule has 3 heterocycles. The van der Waals surface area contributed by atoms with E-state index in [0.717, 1.165) is 18.4 Å². The summed E-state index contributed by atoms with van der Waals surface area (Å²) < 4.78 is 29.0. The van der Waals surface area contributed by atoms with Crippen LogP contribution in [0.4, 0.5) is 16.6 Å². The maximum Gasteiger partial charge on any atom is 0.514 e. The van der Waals surface area contributed by atoms with Crippen molar-refractivity contribution in [3.05, 3.63) is 75.2 Å². The summed E-state index contributed by atoms with van der Waals surface area (Å²) in [6, 6.07) is 8.96. The van der Waals surface area contributed by atoms with E-state index in [9.17, 15) is 9.59 Å². The molecule has 228 valence electrons. The van der Waals surface area contributed by atoms with E-state index in [1.807, 2.05) is 22.8 Å². The van der Waals surface area contributed by atoms with Crippen LogP contribution in [0.1, 0.15) is 42.0 Å². The van der Waals surface area contributed by atoms with Crippen LogP contribution in [0.15, 0.2) is 47.5 Å². The minimum Gasteiger partial charge on any atom is -0.493 e. The lowest BCUT2D eigenvalue weighted by Gasteiger charge is -2.17. The lowest BCUT2D eigenvalue weighted by atomic mass is 10.0. The molecule has 1 aliphatic heterocycles. The smallest absolute Gasteiger partial charge is 0.493 e. The molecule has 1 atom stereocenters. The van der Waals surface area contributed by atoms with Crippen LogP contribution in [0.5, 0.6) is 17.2 Å². The fraction of sp³-hybridized carbons (Fsp3) is 0.312. The van der Waals surface area contributed by atoms with Crippen molar-refractivity contribution in [2.75, 3.05) is 38.9 Å². The lowest BCUT2D eigenvalue weighted by Crippen LogP contribution is -2.21. The molecule has 1 unspecified atom stereocenters. The number of pyridine rings is 1. The van der Waals surface area contributed by atoms with Gasteiger partial charge in [-0.05, 0) is 55.7 Å². The topological polar surface area (TPSA) is 163 Å². The van der Waals surface area contributed by atoms with Gasteiger partial charge in [0.15, 0.2) is 17.2 Å². The Morgan fingerprint density at radius 3 is 2.68 bits per heavy atom. The number of rotatable bonds is 8. The van der Waals surface area contributed by atoms with Gasteiger partial charge in [0.05, 0.1) is 44.2 Å². The first kappa shape index (κ1) is 30.2. The Hall–Kier alpha value is -5.28. The molecule has 0 amide bonds. The van der Waals surface area contributed by atoms with Gasteiger partial charge < -0.3 is 39.7 Å². The van der Waals surface area contributed by atoms with Gasteiger partial charge in [-0.2, -0.15) is 4.98 Å². The Morgan fingerprint density at radius 1 is 1.14 bits per heavy atom. The number of fused-ring (bicyclic) bond motifs is 1. The summed E-state index contributed by atoms with van der Waals surface area (Å²) in [7, 11) is 3.10. The predicted octanol–water partition coefficient (Wildman–Crippen LogP) is 3.68. The van der Waals surface area contributed by atoms with E-state index in [4.69, 9.17) is 35.2 Å². The van der Waals surface area contributed by atoms with Crippen molar-refractivity contribution < 1.29 is 28.5 Å². The number of nitrogens with two attached hydrogens (primary N) is 2. The highest BCUT2D eigenvalue weighted by molar-refractivity contribution is 5.82. The number of hydrogen-bond donors (Lipinski definition) is 2. The molecule has 1 fully saturated rings. The summed E-state index contributed by atoms with van der Waals surface area (Å²) in [6.45, 7) is 2.93. The maximum absolute atomic E-state index is 13.3. The SMILES string of the molecule is CCOC(=O)Oc1cn(CC2CCCO2)c2cc(C#Cc3cc(Cc4cnc(N)nc4N)cc(OC)c3OC)ccc2c1=O. The van der Waals surface area contributed by atoms with E-state index in [2.05, 4.69) is 21.8 Å². The second kappa shape index (κ2) is 13.4. The summed E-state index contributed by atoms with van der Waals surface area (Å²) in [5, 5.41) is 0.375. The van der Waals surface area contributed by atoms with Crippen LogP contribution < -0.4 is 31.1 Å². The molecule has 5 rings (SSSR count). The minimum absolute atomic E-state index is 0.0363. The van der Waals surface area contributed by atoms with Crippen molar-refractivity contribution in [2.24, 2.45) is 0 Å². The predicted molar refractivity (Wildman–Crippen MR) is 164 cm³/mol. The zero-order valence-electron chi connectivity index (χ0n) is 24.7. The van der Waals surface area contributed by atoms with Crippen LogP contribution in [0, 0.1) is 11.8 Å². The van der Waals surface area contributed by atoms with Gasteiger partial charge in [0, 0.05) is 42.3 Å². The molecule has 1 saturated heterocycles. The summed E-state index contributed by atoms with van der Waals surface area (Å²) in [5.74, 6) is 7.64. The van der Waals surface area contributed by atoms with Crippen LogP contribution in [-0.4, -0.2) is 54.2 Å². The molecule has 1 aliphatic rings. The molecule has 0 radical (unpaired) electrons. The van der Waals surface area contributed by atoms with E-state index in [-0.39, 0.29) is 24.4 Å². The van der Waals surface area contributed by atoms with Crippen molar-refractivity contribution in [3.63, 3.8) is 0 Å². The Morgan fingerprint density at radius 2 is 1.98 bits per heavy atom. The molecule has 12 heteroatoms. The van der Waals surface area contributed by atoms with E-state index >= 15 is 0 Å². The number of carbonyl (C=O) groups excluding carboxylic acids is 1. The van der Waals surface area contributed by atoms with Crippen molar-refractivity contribution in [1.82, 2.24) is 14.5 Å². The van der Waals surface area contributed by atoms with Crippen molar-refractivity contribution >= 4 is 28.8 Å². The van der Waals surface area contributed by atoms with E-state index in [0.29, 0.717) is 64.5 Å². The summed E-state index contributed by atoms with van der Waals surface area (Å²) in [5.41, 5.74) is 14.7. The first-order valence-corrected chi connectivity index (χ1v) is 14.1. The van der Waals surface area contributed by atoms with Crippen LogP contribution >= 0.6 is 0 Å². The molecule has 44 heavy (non-hydrogen) atoms. The average molecular weight is 600 g/mol. The van der Waals surface area contributed by atoms with Gasteiger partial charge in [0.1, 0.15) is 5.82 Å². The van der Waals surface area contributed by atoms with Crippen molar-refractivity contribution in [3.8, 4) is 29.1 Å². The first-order valence-electron chi connectivity index (χ1n) is 14.1. The van der Waals surface area contributed by atoms with E-state index in [1.165, 1.54) is 6.20 Å². The van der Waals surface area contributed by atoms with Crippen LogP contribution in [0.2, 0.25) is 0 Å². The Kier molecular flexibility index (Phi) is 9.16. The minimum atomic E-state index is -0.937. The second-order valence-corrected chi connectivity index (χ2v) is 10.1. The molecule has 0 aliphatic carbocycles.